The van der Waals surface area contributed by atoms with Crippen molar-refractivity contribution in [3.63, 3.8) is 0 Å². The smallest absolute Gasteiger partial charge is 0.275 e. The van der Waals surface area contributed by atoms with Crippen LogP contribution in [0, 0.1) is 11.8 Å². The summed E-state index contributed by atoms with van der Waals surface area (Å²) in [6.45, 7) is 0. The maximum absolute atomic E-state index is 12.6. The van der Waals surface area contributed by atoms with Gasteiger partial charge in [-0.05, 0) is 24.3 Å². The van der Waals surface area contributed by atoms with Crippen LogP contribution in [0.4, 0.5) is 0 Å². The van der Waals surface area contributed by atoms with E-state index in [1.54, 1.807) is 48.4 Å². The molecule has 2 aromatic rings. The second-order valence-electron chi connectivity index (χ2n) is 5.64. The number of likely N-dealkylation sites (N-methyl/N-ethyl adjacent to an activating group) is 2. The lowest BCUT2D eigenvalue weighted by Gasteiger charge is -2.25. The normalized spacial score (nSPS) is 11.0. The van der Waals surface area contributed by atoms with Crippen LogP contribution in [0.5, 0.6) is 0 Å². The van der Waals surface area contributed by atoms with Gasteiger partial charge in [-0.15, -0.1) is 0 Å². The van der Waals surface area contributed by atoms with Crippen LogP contribution >= 0.6 is 0 Å². The lowest BCUT2D eigenvalue weighted by molar-refractivity contribution is -0.140. The van der Waals surface area contributed by atoms with Gasteiger partial charge in [-0.1, -0.05) is 11.8 Å². The molecule has 27 heavy (non-hydrogen) atoms. The summed E-state index contributed by atoms with van der Waals surface area (Å²) < 4.78 is 1.65. The number of aromatic nitrogens is 2. The van der Waals surface area contributed by atoms with E-state index >= 15 is 0 Å². The summed E-state index contributed by atoms with van der Waals surface area (Å²) in [6, 6.07) is 4.91. The van der Waals surface area contributed by atoms with Crippen LogP contribution in [0.1, 0.15) is 21.5 Å². The zero-order chi connectivity index (χ0) is 20.0. The first-order valence-electron chi connectivity index (χ1n) is 7.90. The maximum atomic E-state index is 12.6. The van der Waals surface area contributed by atoms with Gasteiger partial charge >= 0.3 is 0 Å². The highest BCUT2D eigenvalue weighted by atomic mass is 16.5. The average molecular weight is 369 g/mol. The van der Waals surface area contributed by atoms with Gasteiger partial charge in [0.1, 0.15) is 0 Å². The fourth-order valence-corrected chi connectivity index (χ4v) is 2.32. The number of hydrogen-bond donors (Lipinski definition) is 3. The van der Waals surface area contributed by atoms with Crippen molar-refractivity contribution in [1.82, 2.24) is 25.5 Å². The minimum absolute atomic E-state index is 0.268. The SMILES string of the molecule is CNC(=O)C(C(=O)NO)N(C)C(=O)c1ccc(C#Cc2cnn(C)c2)cc1. The molecule has 1 heterocycles. The molecule has 1 aromatic heterocycles. The molecular weight excluding hydrogens is 350 g/mol. The Morgan fingerprint density at radius 3 is 2.30 bits per heavy atom. The first-order valence-corrected chi connectivity index (χ1v) is 7.90. The topological polar surface area (TPSA) is 117 Å². The highest BCUT2D eigenvalue weighted by molar-refractivity contribution is 6.08. The van der Waals surface area contributed by atoms with Gasteiger partial charge in [0.05, 0.1) is 11.8 Å². The first-order chi connectivity index (χ1) is 12.9. The van der Waals surface area contributed by atoms with E-state index in [0.29, 0.717) is 5.56 Å². The Balaban J connectivity index is 2.17. The molecule has 1 atom stereocenters. The predicted octanol–water partition coefficient (Wildman–Crippen LogP) is -0.488. The largest absolute Gasteiger partial charge is 0.357 e. The van der Waals surface area contributed by atoms with Gasteiger partial charge in [0, 0.05) is 38.5 Å². The summed E-state index contributed by atoms with van der Waals surface area (Å²) in [7, 11) is 4.42. The number of rotatable bonds is 4. The summed E-state index contributed by atoms with van der Waals surface area (Å²) in [6.07, 6.45) is 3.43. The van der Waals surface area contributed by atoms with Gasteiger partial charge in [-0.25, -0.2) is 5.48 Å². The van der Waals surface area contributed by atoms with E-state index < -0.39 is 23.8 Å². The molecule has 2 rings (SSSR count). The van der Waals surface area contributed by atoms with Gasteiger partial charge in [-0.2, -0.15) is 5.10 Å². The van der Waals surface area contributed by atoms with Gasteiger partial charge in [0.2, 0.25) is 0 Å². The van der Waals surface area contributed by atoms with E-state index in [2.05, 4.69) is 22.3 Å². The molecule has 3 N–H and O–H groups in total. The third kappa shape index (κ3) is 4.71. The van der Waals surface area contributed by atoms with Crippen molar-refractivity contribution < 1.29 is 19.6 Å². The van der Waals surface area contributed by atoms with Crippen molar-refractivity contribution in [1.29, 1.82) is 0 Å². The van der Waals surface area contributed by atoms with Crippen LogP contribution in [0.25, 0.3) is 0 Å². The Morgan fingerprint density at radius 1 is 1.15 bits per heavy atom. The molecule has 0 fully saturated rings. The van der Waals surface area contributed by atoms with E-state index in [1.807, 2.05) is 0 Å². The van der Waals surface area contributed by atoms with E-state index in [1.165, 1.54) is 19.6 Å². The minimum atomic E-state index is -1.50. The van der Waals surface area contributed by atoms with Crippen molar-refractivity contribution in [2.75, 3.05) is 14.1 Å². The zero-order valence-corrected chi connectivity index (χ0v) is 15.1. The number of hydroxylamine groups is 1. The third-order valence-electron chi connectivity index (χ3n) is 3.75. The predicted molar refractivity (Wildman–Crippen MR) is 95.5 cm³/mol. The average Bonchev–Trinajstić information content (AvgIpc) is 3.11. The summed E-state index contributed by atoms with van der Waals surface area (Å²) in [5.74, 6) is 3.62. The molecule has 0 aliphatic rings. The Hall–Kier alpha value is -3.64. The quantitative estimate of drug-likeness (QED) is 0.291. The minimum Gasteiger partial charge on any atom is -0.357 e. The molecule has 9 heteroatoms. The zero-order valence-electron chi connectivity index (χ0n) is 15.1. The van der Waals surface area contributed by atoms with Crippen molar-refractivity contribution >= 4 is 17.7 Å². The van der Waals surface area contributed by atoms with Crippen molar-refractivity contribution in [3.8, 4) is 11.8 Å². The first kappa shape index (κ1) is 19.7. The fraction of sp³-hybridized carbons (Fsp3) is 0.222. The molecule has 140 valence electrons. The van der Waals surface area contributed by atoms with Crippen LogP contribution in [0.2, 0.25) is 0 Å². The molecule has 1 unspecified atom stereocenters. The van der Waals surface area contributed by atoms with Crippen LogP contribution < -0.4 is 10.8 Å². The number of benzene rings is 1. The maximum Gasteiger partial charge on any atom is 0.275 e. The van der Waals surface area contributed by atoms with Crippen molar-refractivity contribution in [2.24, 2.45) is 7.05 Å². The second kappa shape index (κ2) is 8.64. The lowest BCUT2D eigenvalue weighted by Crippen LogP contribution is -2.54. The van der Waals surface area contributed by atoms with Crippen LogP contribution in [0.3, 0.4) is 0 Å². The molecule has 0 aliphatic carbocycles. The summed E-state index contributed by atoms with van der Waals surface area (Å²) >= 11 is 0. The third-order valence-corrected chi connectivity index (χ3v) is 3.75. The highest BCUT2D eigenvalue weighted by Gasteiger charge is 2.33. The van der Waals surface area contributed by atoms with Crippen molar-refractivity contribution in [2.45, 2.75) is 6.04 Å². The van der Waals surface area contributed by atoms with E-state index in [4.69, 9.17) is 5.21 Å². The van der Waals surface area contributed by atoms with Crippen LogP contribution in [-0.4, -0.2) is 57.7 Å². The van der Waals surface area contributed by atoms with Gasteiger partial charge in [0.25, 0.3) is 17.7 Å². The van der Waals surface area contributed by atoms with Gasteiger partial charge < -0.3 is 10.2 Å². The number of carbonyl (C=O) groups is 3. The Morgan fingerprint density at radius 2 is 1.78 bits per heavy atom. The Bertz CT molecular complexity index is 892. The highest BCUT2D eigenvalue weighted by Crippen LogP contribution is 2.09. The molecule has 0 bridgehead atoms. The summed E-state index contributed by atoms with van der Waals surface area (Å²) in [4.78, 5) is 37.1. The van der Waals surface area contributed by atoms with E-state index in [9.17, 15) is 14.4 Å². The summed E-state index contributed by atoms with van der Waals surface area (Å²) in [5.41, 5.74) is 3.11. The molecule has 0 radical (unpaired) electrons. The van der Waals surface area contributed by atoms with E-state index in [-0.39, 0.29) is 5.56 Å². The number of carbonyl (C=O) groups excluding carboxylic acids is 3. The molecule has 1 aromatic carbocycles. The number of aryl methyl sites for hydroxylation is 1. The standard InChI is InChI=1S/C18H19N5O4/c1-19-16(24)15(17(25)21-27)23(3)18(26)14-8-6-12(7-9-14)4-5-13-10-20-22(2)11-13/h6-11,15,27H,1-3H3,(H,19,24)(H,21,25). The van der Waals surface area contributed by atoms with Gasteiger partial charge in [0.15, 0.2) is 6.04 Å². The number of nitrogens with zero attached hydrogens (tertiary/aromatic N) is 3. The van der Waals surface area contributed by atoms with Gasteiger partial charge in [-0.3, -0.25) is 24.3 Å². The molecule has 0 saturated carbocycles. The fourth-order valence-electron chi connectivity index (χ4n) is 2.32. The second-order valence-corrected chi connectivity index (χ2v) is 5.64. The number of amides is 3. The van der Waals surface area contributed by atoms with Crippen molar-refractivity contribution in [3.05, 3.63) is 53.3 Å². The van der Waals surface area contributed by atoms with Crippen LogP contribution in [0.15, 0.2) is 36.7 Å². The lowest BCUT2D eigenvalue weighted by atomic mass is 10.1. The van der Waals surface area contributed by atoms with Crippen LogP contribution in [-0.2, 0) is 16.6 Å². The summed E-state index contributed by atoms with van der Waals surface area (Å²) in [5, 5.41) is 15.1. The molecule has 3 amide bonds. The number of hydrogen-bond acceptors (Lipinski definition) is 5. The molecule has 9 nitrogen and oxygen atoms in total. The Labute approximate surface area is 155 Å². The molecular formula is C18H19N5O4. The molecule has 0 spiro atoms. The molecule has 0 saturated heterocycles. The Kier molecular flexibility index (Phi) is 6.30. The molecule has 0 aliphatic heterocycles. The monoisotopic (exact) mass is 369 g/mol. The van der Waals surface area contributed by atoms with E-state index in [0.717, 1.165) is 10.5 Å². The number of nitrogens with one attached hydrogen (secondary N) is 2.